The van der Waals surface area contributed by atoms with Gasteiger partial charge >= 0.3 is 0 Å². The van der Waals surface area contributed by atoms with Crippen LogP contribution >= 0.6 is 0 Å². The van der Waals surface area contributed by atoms with Crippen molar-refractivity contribution in [3.8, 4) is 11.5 Å². The Morgan fingerprint density at radius 1 is 1.15 bits per heavy atom. The van der Waals surface area contributed by atoms with E-state index in [0.717, 1.165) is 61.7 Å². The van der Waals surface area contributed by atoms with Crippen molar-refractivity contribution in [3.63, 3.8) is 0 Å². The van der Waals surface area contributed by atoms with Crippen LogP contribution in [-0.2, 0) is 25.9 Å². The summed E-state index contributed by atoms with van der Waals surface area (Å²) in [6.45, 7) is 6.80. The third-order valence-electron chi connectivity index (χ3n) is 4.82. The van der Waals surface area contributed by atoms with Gasteiger partial charge in [0.1, 0.15) is 11.6 Å². The van der Waals surface area contributed by atoms with Crippen LogP contribution in [0.3, 0.4) is 0 Å². The molecule has 5 nitrogen and oxygen atoms in total. The minimum atomic E-state index is 0.697. The summed E-state index contributed by atoms with van der Waals surface area (Å²) in [7, 11) is 0. The Bertz CT molecular complexity index is 888. The summed E-state index contributed by atoms with van der Waals surface area (Å²) in [5.41, 5.74) is 4.47. The predicted molar refractivity (Wildman–Crippen MR) is 101 cm³/mol. The zero-order valence-corrected chi connectivity index (χ0v) is 15.4. The largest absolute Gasteiger partial charge is 0.441 e. The minimum Gasteiger partial charge on any atom is -0.441 e. The number of oxazole rings is 1. The second-order valence-electron chi connectivity index (χ2n) is 6.86. The van der Waals surface area contributed by atoms with Gasteiger partial charge in [0, 0.05) is 55.5 Å². The Balaban J connectivity index is 1.48. The van der Waals surface area contributed by atoms with Gasteiger partial charge in [0.25, 0.3) is 0 Å². The van der Waals surface area contributed by atoms with Gasteiger partial charge in [0.2, 0.25) is 5.89 Å². The molecule has 3 heterocycles. The van der Waals surface area contributed by atoms with E-state index in [4.69, 9.17) is 14.4 Å². The van der Waals surface area contributed by atoms with E-state index in [1.54, 1.807) is 0 Å². The number of benzene rings is 1. The Hall–Kier alpha value is -2.53. The highest BCUT2D eigenvalue weighted by Crippen LogP contribution is 2.24. The molecular weight excluding hydrogens is 324 g/mol. The van der Waals surface area contributed by atoms with Crippen LogP contribution in [0.1, 0.15) is 41.9 Å². The van der Waals surface area contributed by atoms with Crippen LogP contribution in [0.2, 0.25) is 0 Å². The first-order valence-electron chi connectivity index (χ1n) is 9.30. The van der Waals surface area contributed by atoms with Gasteiger partial charge in [-0.05, 0) is 25.5 Å². The molecule has 26 heavy (non-hydrogen) atoms. The summed E-state index contributed by atoms with van der Waals surface area (Å²) in [5.74, 6) is 2.56. The van der Waals surface area contributed by atoms with Crippen LogP contribution in [0.4, 0.5) is 0 Å². The average molecular weight is 348 g/mol. The fourth-order valence-electron chi connectivity index (χ4n) is 3.39. The van der Waals surface area contributed by atoms with Gasteiger partial charge < -0.3 is 4.42 Å². The number of hydrogen-bond donors (Lipinski definition) is 0. The zero-order valence-electron chi connectivity index (χ0n) is 15.4. The molecule has 0 amide bonds. The van der Waals surface area contributed by atoms with Crippen molar-refractivity contribution in [2.75, 3.05) is 6.54 Å². The summed E-state index contributed by atoms with van der Waals surface area (Å²) in [5, 5.41) is 0. The second-order valence-corrected chi connectivity index (χ2v) is 6.86. The lowest BCUT2D eigenvalue weighted by atomic mass is 10.1. The maximum Gasteiger partial charge on any atom is 0.226 e. The van der Waals surface area contributed by atoms with Gasteiger partial charge in [-0.15, -0.1) is 0 Å². The molecule has 0 fully saturated rings. The van der Waals surface area contributed by atoms with Crippen molar-refractivity contribution in [3.05, 3.63) is 65.1 Å². The van der Waals surface area contributed by atoms with Crippen molar-refractivity contribution in [2.45, 2.75) is 46.2 Å². The van der Waals surface area contributed by atoms with Crippen LogP contribution in [-0.4, -0.2) is 26.4 Å². The standard InChI is InChI=1S/C21H24N4O/c1-3-7-20-22-12-17-13-25(11-10-18(17)23-20)14-19-15(2)26-21(24-19)16-8-5-4-6-9-16/h4-6,8-9,12H,3,7,10-11,13-14H2,1-2H3. The van der Waals surface area contributed by atoms with Crippen molar-refractivity contribution in [1.82, 2.24) is 19.9 Å². The van der Waals surface area contributed by atoms with E-state index in [-0.39, 0.29) is 0 Å². The molecule has 0 N–H and O–H groups in total. The van der Waals surface area contributed by atoms with Crippen LogP contribution in [0, 0.1) is 6.92 Å². The fourth-order valence-corrected chi connectivity index (χ4v) is 3.39. The van der Waals surface area contributed by atoms with E-state index in [1.165, 1.54) is 11.3 Å². The lowest BCUT2D eigenvalue weighted by molar-refractivity contribution is 0.239. The third kappa shape index (κ3) is 3.53. The van der Waals surface area contributed by atoms with Gasteiger partial charge in [-0.3, -0.25) is 4.90 Å². The van der Waals surface area contributed by atoms with Gasteiger partial charge in [-0.1, -0.05) is 25.1 Å². The van der Waals surface area contributed by atoms with E-state index >= 15 is 0 Å². The van der Waals surface area contributed by atoms with E-state index < -0.39 is 0 Å². The Morgan fingerprint density at radius 3 is 2.81 bits per heavy atom. The average Bonchev–Trinajstić information content (AvgIpc) is 3.03. The first kappa shape index (κ1) is 16.9. The zero-order chi connectivity index (χ0) is 17.9. The molecule has 0 aliphatic carbocycles. The van der Waals surface area contributed by atoms with Crippen molar-refractivity contribution < 1.29 is 4.42 Å². The van der Waals surface area contributed by atoms with Crippen LogP contribution in [0.15, 0.2) is 40.9 Å². The molecular formula is C21H24N4O. The summed E-state index contributed by atoms with van der Waals surface area (Å²) < 4.78 is 5.89. The van der Waals surface area contributed by atoms with Crippen LogP contribution in [0.25, 0.3) is 11.5 Å². The quantitative estimate of drug-likeness (QED) is 0.699. The van der Waals surface area contributed by atoms with Gasteiger partial charge in [-0.25, -0.2) is 15.0 Å². The number of aromatic nitrogens is 3. The van der Waals surface area contributed by atoms with Gasteiger partial charge in [-0.2, -0.15) is 0 Å². The molecule has 0 bridgehead atoms. The summed E-state index contributed by atoms with van der Waals surface area (Å²) in [4.78, 5) is 16.4. The highest BCUT2D eigenvalue weighted by atomic mass is 16.4. The molecule has 3 aromatic rings. The highest BCUT2D eigenvalue weighted by Gasteiger charge is 2.21. The van der Waals surface area contributed by atoms with Crippen molar-refractivity contribution in [1.29, 1.82) is 0 Å². The molecule has 4 rings (SSSR count). The highest BCUT2D eigenvalue weighted by molar-refractivity contribution is 5.53. The van der Waals surface area contributed by atoms with Crippen molar-refractivity contribution in [2.24, 2.45) is 0 Å². The number of rotatable bonds is 5. The van der Waals surface area contributed by atoms with Crippen LogP contribution in [0.5, 0.6) is 0 Å². The Labute approximate surface area is 154 Å². The Kier molecular flexibility index (Phi) is 4.80. The minimum absolute atomic E-state index is 0.697. The summed E-state index contributed by atoms with van der Waals surface area (Å²) >= 11 is 0. The van der Waals surface area contributed by atoms with Gasteiger partial charge in [0.05, 0.1) is 5.69 Å². The SMILES string of the molecule is CCCc1ncc2c(n1)CCN(Cc1nc(-c3ccccc3)oc1C)C2. The second kappa shape index (κ2) is 7.38. The number of aryl methyl sites for hydroxylation is 2. The lowest BCUT2D eigenvalue weighted by Crippen LogP contribution is -2.31. The van der Waals surface area contributed by atoms with Gasteiger partial charge in [0.15, 0.2) is 0 Å². The summed E-state index contributed by atoms with van der Waals surface area (Å²) in [6.07, 6.45) is 5.01. The summed E-state index contributed by atoms with van der Waals surface area (Å²) in [6, 6.07) is 10.1. The number of hydrogen-bond acceptors (Lipinski definition) is 5. The third-order valence-corrected chi connectivity index (χ3v) is 4.82. The van der Waals surface area contributed by atoms with E-state index in [1.807, 2.05) is 43.5 Å². The number of nitrogens with zero attached hydrogens (tertiary/aromatic N) is 4. The fraction of sp³-hybridized carbons (Fsp3) is 0.381. The number of fused-ring (bicyclic) bond motifs is 1. The maximum atomic E-state index is 5.89. The Morgan fingerprint density at radius 2 is 2.00 bits per heavy atom. The molecule has 134 valence electrons. The molecule has 0 unspecified atom stereocenters. The first-order valence-corrected chi connectivity index (χ1v) is 9.30. The first-order chi connectivity index (χ1) is 12.7. The van der Waals surface area contributed by atoms with E-state index in [9.17, 15) is 0 Å². The molecule has 1 aromatic carbocycles. The molecule has 5 heteroatoms. The van der Waals surface area contributed by atoms with Crippen molar-refractivity contribution >= 4 is 0 Å². The molecule has 1 aliphatic heterocycles. The molecule has 0 saturated carbocycles. The molecule has 1 aliphatic rings. The molecule has 0 atom stereocenters. The molecule has 0 radical (unpaired) electrons. The topological polar surface area (TPSA) is 55.1 Å². The predicted octanol–water partition coefficient (Wildman–Crippen LogP) is 3.95. The normalized spacial score (nSPS) is 14.4. The van der Waals surface area contributed by atoms with E-state index in [2.05, 4.69) is 16.8 Å². The smallest absolute Gasteiger partial charge is 0.226 e. The monoisotopic (exact) mass is 348 g/mol. The molecule has 2 aromatic heterocycles. The maximum absolute atomic E-state index is 5.89. The molecule has 0 saturated heterocycles. The molecule has 0 spiro atoms. The van der Waals surface area contributed by atoms with Crippen LogP contribution < -0.4 is 0 Å². The lowest BCUT2D eigenvalue weighted by Gasteiger charge is -2.27. The van der Waals surface area contributed by atoms with E-state index in [0.29, 0.717) is 5.89 Å².